The van der Waals surface area contributed by atoms with Crippen molar-refractivity contribution >= 4 is 11.5 Å². The number of anilines is 2. The molecule has 3 aromatic rings. The van der Waals surface area contributed by atoms with Crippen LogP contribution in [0.5, 0.6) is 0 Å². The van der Waals surface area contributed by atoms with Crippen LogP contribution < -0.4 is 5.32 Å². The lowest BCUT2D eigenvalue weighted by Gasteiger charge is -2.40. The average molecular weight is 379 g/mol. The van der Waals surface area contributed by atoms with E-state index in [4.69, 9.17) is 4.42 Å². The SMILES string of the molecule is N#CCC1(n2ccc(Nc3ccc(F)cc3)n2)CCN(Cc2ccco2)CC1. The van der Waals surface area contributed by atoms with Crippen LogP contribution in [0.25, 0.3) is 0 Å². The molecule has 1 fully saturated rings. The van der Waals surface area contributed by atoms with Crippen molar-refractivity contribution in [1.29, 1.82) is 5.26 Å². The van der Waals surface area contributed by atoms with Gasteiger partial charge < -0.3 is 9.73 Å². The summed E-state index contributed by atoms with van der Waals surface area (Å²) in [7, 11) is 0. The summed E-state index contributed by atoms with van der Waals surface area (Å²) in [6.45, 7) is 2.54. The van der Waals surface area contributed by atoms with Gasteiger partial charge in [-0.15, -0.1) is 0 Å². The smallest absolute Gasteiger partial charge is 0.152 e. The van der Waals surface area contributed by atoms with Gasteiger partial charge in [-0.25, -0.2) is 4.39 Å². The molecule has 1 N–H and O–H groups in total. The van der Waals surface area contributed by atoms with Gasteiger partial charge >= 0.3 is 0 Å². The number of benzene rings is 1. The molecule has 4 rings (SSSR count). The number of hydrogen-bond donors (Lipinski definition) is 1. The fourth-order valence-electron chi connectivity index (χ4n) is 3.72. The lowest BCUT2D eigenvalue weighted by molar-refractivity contribution is 0.0931. The molecular weight excluding hydrogens is 357 g/mol. The van der Waals surface area contributed by atoms with Crippen LogP contribution >= 0.6 is 0 Å². The summed E-state index contributed by atoms with van der Waals surface area (Å²) >= 11 is 0. The second kappa shape index (κ2) is 7.87. The Morgan fingerprint density at radius 1 is 1.18 bits per heavy atom. The standard InChI is InChI=1S/C21H22FN5O/c22-17-3-5-18(6-4-17)24-20-7-12-27(25-20)21(8-11-23)9-13-26(14-10-21)16-19-2-1-15-28-19/h1-7,12,15H,8-10,13-14,16H2,(H,24,25). The zero-order chi connectivity index (χ0) is 19.4. The average Bonchev–Trinajstić information content (AvgIpc) is 3.38. The van der Waals surface area contributed by atoms with E-state index in [2.05, 4.69) is 21.4 Å². The fourth-order valence-corrected chi connectivity index (χ4v) is 3.72. The fraction of sp³-hybridized carbons (Fsp3) is 0.333. The molecule has 2 aromatic heterocycles. The summed E-state index contributed by atoms with van der Waals surface area (Å²) in [5.41, 5.74) is 0.464. The lowest BCUT2D eigenvalue weighted by atomic mass is 9.85. The van der Waals surface area contributed by atoms with Gasteiger partial charge in [-0.05, 0) is 49.2 Å². The molecule has 3 heterocycles. The topological polar surface area (TPSA) is 70.0 Å². The number of aromatic nitrogens is 2. The van der Waals surface area contributed by atoms with Gasteiger partial charge in [0.25, 0.3) is 0 Å². The Balaban J connectivity index is 1.45. The predicted octanol–water partition coefficient (Wildman–Crippen LogP) is 4.26. The van der Waals surface area contributed by atoms with Gasteiger partial charge in [0.2, 0.25) is 0 Å². The normalized spacial score (nSPS) is 16.6. The number of rotatable bonds is 6. The highest BCUT2D eigenvalue weighted by Gasteiger charge is 2.37. The van der Waals surface area contributed by atoms with Crippen LogP contribution in [-0.2, 0) is 12.1 Å². The molecule has 0 bridgehead atoms. The Morgan fingerprint density at radius 3 is 2.64 bits per heavy atom. The highest BCUT2D eigenvalue weighted by Crippen LogP contribution is 2.34. The third kappa shape index (κ3) is 3.92. The van der Waals surface area contributed by atoms with Crippen LogP contribution in [0.15, 0.2) is 59.3 Å². The van der Waals surface area contributed by atoms with E-state index in [1.54, 1.807) is 18.4 Å². The summed E-state index contributed by atoms with van der Waals surface area (Å²) < 4.78 is 20.4. The second-order valence-electron chi connectivity index (χ2n) is 7.19. The summed E-state index contributed by atoms with van der Waals surface area (Å²) in [6.07, 6.45) is 5.72. The van der Waals surface area contributed by atoms with Crippen LogP contribution in [0.4, 0.5) is 15.9 Å². The molecule has 0 amide bonds. The maximum atomic E-state index is 13.1. The first-order valence-corrected chi connectivity index (χ1v) is 9.37. The molecule has 0 unspecified atom stereocenters. The number of likely N-dealkylation sites (tertiary alicyclic amines) is 1. The molecule has 7 heteroatoms. The summed E-state index contributed by atoms with van der Waals surface area (Å²) in [5, 5.41) is 17.3. The Hall–Kier alpha value is -3.11. The monoisotopic (exact) mass is 379 g/mol. The van der Waals surface area contributed by atoms with E-state index in [-0.39, 0.29) is 11.4 Å². The lowest BCUT2D eigenvalue weighted by Crippen LogP contribution is -2.46. The third-order valence-electron chi connectivity index (χ3n) is 5.35. The van der Waals surface area contributed by atoms with E-state index in [1.807, 2.05) is 29.1 Å². The van der Waals surface area contributed by atoms with Crippen LogP contribution in [-0.4, -0.2) is 27.8 Å². The Morgan fingerprint density at radius 2 is 1.96 bits per heavy atom. The molecule has 1 aliphatic heterocycles. The van der Waals surface area contributed by atoms with Crippen LogP contribution in [0.3, 0.4) is 0 Å². The maximum absolute atomic E-state index is 13.1. The van der Waals surface area contributed by atoms with E-state index in [0.29, 0.717) is 12.2 Å². The van der Waals surface area contributed by atoms with Crippen LogP contribution in [0.1, 0.15) is 25.0 Å². The Labute approximate surface area is 163 Å². The van der Waals surface area contributed by atoms with E-state index in [0.717, 1.165) is 43.9 Å². The van der Waals surface area contributed by atoms with E-state index >= 15 is 0 Å². The Bertz CT molecular complexity index is 934. The van der Waals surface area contributed by atoms with Crippen molar-refractivity contribution in [1.82, 2.24) is 14.7 Å². The Kier molecular flexibility index (Phi) is 5.13. The minimum Gasteiger partial charge on any atom is -0.468 e. The molecule has 0 aliphatic carbocycles. The van der Waals surface area contributed by atoms with Crippen molar-refractivity contribution < 1.29 is 8.81 Å². The minimum absolute atomic E-state index is 0.273. The molecule has 1 saturated heterocycles. The van der Waals surface area contributed by atoms with Crippen LogP contribution in [0, 0.1) is 17.1 Å². The number of piperidine rings is 1. The van der Waals surface area contributed by atoms with Gasteiger partial charge in [0.05, 0.1) is 30.8 Å². The molecule has 1 aromatic carbocycles. The highest BCUT2D eigenvalue weighted by molar-refractivity contribution is 5.55. The summed E-state index contributed by atoms with van der Waals surface area (Å²) in [5.74, 6) is 1.37. The summed E-state index contributed by atoms with van der Waals surface area (Å²) in [6, 6.07) is 14.3. The minimum atomic E-state index is -0.308. The van der Waals surface area contributed by atoms with E-state index < -0.39 is 0 Å². The van der Waals surface area contributed by atoms with Crippen LogP contribution in [0.2, 0.25) is 0 Å². The number of hydrogen-bond acceptors (Lipinski definition) is 5. The largest absolute Gasteiger partial charge is 0.468 e. The number of nitrogens with zero attached hydrogens (tertiary/aromatic N) is 4. The maximum Gasteiger partial charge on any atom is 0.152 e. The van der Waals surface area contributed by atoms with Crippen molar-refractivity contribution in [3.8, 4) is 6.07 Å². The van der Waals surface area contributed by atoms with Gasteiger partial charge in [0.1, 0.15) is 11.6 Å². The molecule has 28 heavy (non-hydrogen) atoms. The van der Waals surface area contributed by atoms with Crippen molar-refractivity contribution in [3.05, 3.63) is 66.5 Å². The molecule has 0 atom stereocenters. The molecule has 0 spiro atoms. The van der Waals surface area contributed by atoms with E-state index in [1.165, 1.54) is 12.1 Å². The molecule has 6 nitrogen and oxygen atoms in total. The van der Waals surface area contributed by atoms with Gasteiger partial charge in [0, 0.05) is 31.0 Å². The second-order valence-corrected chi connectivity index (χ2v) is 7.19. The number of halogens is 1. The molecule has 144 valence electrons. The number of nitrogens with one attached hydrogen (secondary N) is 1. The molecular formula is C21H22FN5O. The first-order chi connectivity index (χ1) is 13.7. The zero-order valence-corrected chi connectivity index (χ0v) is 15.5. The molecule has 0 saturated carbocycles. The van der Waals surface area contributed by atoms with Gasteiger partial charge in [-0.1, -0.05) is 0 Å². The third-order valence-corrected chi connectivity index (χ3v) is 5.35. The molecule has 0 radical (unpaired) electrons. The van der Waals surface area contributed by atoms with Gasteiger partial charge in [-0.3, -0.25) is 9.58 Å². The van der Waals surface area contributed by atoms with Crippen molar-refractivity contribution in [3.63, 3.8) is 0 Å². The van der Waals surface area contributed by atoms with Gasteiger partial charge in [0.15, 0.2) is 5.82 Å². The molecule has 1 aliphatic rings. The highest BCUT2D eigenvalue weighted by atomic mass is 19.1. The first kappa shape index (κ1) is 18.3. The van der Waals surface area contributed by atoms with Crippen molar-refractivity contribution in [2.75, 3.05) is 18.4 Å². The number of nitriles is 1. The zero-order valence-electron chi connectivity index (χ0n) is 15.5. The first-order valence-electron chi connectivity index (χ1n) is 9.37. The van der Waals surface area contributed by atoms with Crippen molar-refractivity contribution in [2.24, 2.45) is 0 Å². The van der Waals surface area contributed by atoms with Crippen molar-refractivity contribution in [2.45, 2.75) is 31.3 Å². The quantitative estimate of drug-likeness (QED) is 0.693. The predicted molar refractivity (Wildman–Crippen MR) is 103 cm³/mol. The van der Waals surface area contributed by atoms with E-state index in [9.17, 15) is 9.65 Å². The summed E-state index contributed by atoms with van der Waals surface area (Å²) in [4.78, 5) is 2.34. The van der Waals surface area contributed by atoms with Gasteiger partial charge in [-0.2, -0.15) is 10.4 Å². The number of furan rings is 1.